The molecule has 1 aromatic heterocycles. The molecule has 26 heavy (non-hydrogen) atoms. The van der Waals surface area contributed by atoms with E-state index in [4.69, 9.17) is 0 Å². The van der Waals surface area contributed by atoms with Crippen molar-refractivity contribution in [3.63, 3.8) is 0 Å². The number of carbonyl (C=O) groups is 1. The first-order valence-corrected chi connectivity index (χ1v) is 11.0. The molecule has 144 valence electrons. The summed E-state index contributed by atoms with van der Waals surface area (Å²) in [5.74, 6) is 1.64. The quantitative estimate of drug-likeness (QED) is 0.743. The van der Waals surface area contributed by atoms with Crippen molar-refractivity contribution in [2.24, 2.45) is 0 Å². The molecule has 0 saturated carbocycles. The maximum absolute atomic E-state index is 12.5. The number of pyridine rings is 1. The molecule has 1 amide bonds. The van der Waals surface area contributed by atoms with Gasteiger partial charge in [0.2, 0.25) is 5.91 Å². The van der Waals surface area contributed by atoms with E-state index >= 15 is 0 Å². The Balaban J connectivity index is 1.45. The van der Waals surface area contributed by atoms with E-state index in [2.05, 4.69) is 22.9 Å². The van der Waals surface area contributed by atoms with Crippen LogP contribution < -0.4 is 4.90 Å². The fourth-order valence-electron chi connectivity index (χ4n) is 3.71. The molecule has 0 unspecified atom stereocenters. The maximum atomic E-state index is 12.5. The monoisotopic (exact) mass is 380 g/mol. The third kappa shape index (κ3) is 4.54. The van der Waals surface area contributed by atoms with Crippen molar-refractivity contribution in [1.82, 2.24) is 14.8 Å². The number of rotatable bonds is 5. The van der Waals surface area contributed by atoms with Gasteiger partial charge >= 0.3 is 0 Å². The predicted octanol–water partition coefficient (Wildman–Crippen LogP) is 0.548. The van der Waals surface area contributed by atoms with Crippen LogP contribution in [0.5, 0.6) is 0 Å². The average molecular weight is 381 g/mol. The van der Waals surface area contributed by atoms with Gasteiger partial charge in [0.15, 0.2) is 9.84 Å². The summed E-state index contributed by atoms with van der Waals surface area (Å²) in [7, 11) is -0.967. The van der Waals surface area contributed by atoms with Crippen LogP contribution in [0.3, 0.4) is 0 Å². The Kier molecular flexibility index (Phi) is 5.82. The zero-order valence-corrected chi connectivity index (χ0v) is 16.4. The van der Waals surface area contributed by atoms with Crippen LogP contribution >= 0.6 is 0 Å². The fourth-order valence-corrected chi connectivity index (χ4v) is 5.52. The second-order valence-electron chi connectivity index (χ2n) is 7.30. The Labute approximate surface area is 155 Å². The molecular weight excluding hydrogens is 352 g/mol. The van der Waals surface area contributed by atoms with Crippen LogP contribution in [-0.2, 0) is 14.6 Å². The molecule has 1 aromatic rings. The molecule has 0 spiro atoms. The van der Waals surface area contributed by atoms with E-state index < -0.39 is 9.84 Å². The Morgan fingerprint density at radius 2 is 2.04 bits per heavy atom. The SMILES string of the molecule is Cc1cccnc1N1CCN(C(=O)CCN(C)[C@H]2CCS(=O)(=O)C2)CC1. The van der Waals surface area contributed by atoms with E-state index in [0.717, 1.165) is 24.5 Å². The lowest BCUT2D eigenvalue weighted by Crippen LogP contribution is -2.49. The van der Waals surface area contributed by atoms with Gasteiger partial charge < -0.3 is 14.7 Å². The molecule has 2 saturated heterocycles. The fraction of sp³-hybridized carbons (Fsp3) is 0.667. The lowest BCUT2D eigenvalue weighted by Gasteiger charge is -2.36. The normalized spacial score (nSPS) is 22.8. The van der Waals surface area contributed by atoms with E-state index in [0.29, 0.717) is 32.5 Å². The highest BCUT2D eigenvalue weighted by molar-refractivity contribution is 7.91. The van der Waals surface area contributed by atoms with Gasteiger partial charge in [0, 0.05) is 51.4 Å². The lowest BCUT2D eigenvalue weighted by molar-refractivity contribution is -0.131. The van der Waals surface area contributed by atoms with Gasteiger partial charge in [-0.15, -0.1) is 0 Å². The number of hydrogen-bond donors (Lipinski definition) is 0. The molecule has 0 aliphatic carbocycles. The summed E-state index contributed by atoms with van der Waals surface area (Å²) in [6.45, 7) is 5.66. The Morgan fingerprint density at radius 1 is 1.31 bits per heavy atom. The highest BCUT2D eigenvalue weighted by Crippen LogP contribution is 2.19. The Bertz CT molecular complexity index is 745. The number of anilines is 1. The standard InChI is InChI=1S/C18H28N4O3S/c1-15-4-3-7-19-18(15)22-11-9-21(10-12-22)17(23)5-8-20(2)16-6-13-26(24,25)14-16/h3-4,7,16H,5-6,8-14H2,1-2H3/t16-/m0/s1. The summed E-state index contributed by atoms with van der Waals surface area (Å²) >= 11 is 0. The molecule has 8 heteroatoms. The number of aromatic nitrogens is 1. The number of aryl methyl sites for hydroxylation is 1. The highest BCUT2D eigenvalue weighted by Gasteiger charge is 2.31. The summed E-state index contributed by atoms with van der Waals surface area (Å²) in [4.78, 5) is 23.1. The Hall–Kier alpha value is -1.67. The molecule has 0 aromatic carbocycles. The van der Waals surface area contributed by atoms with E-state index in [1.807, 2.05) is 22.9 Å². The minimum absolute atomic E-state index is 0.0526. The smallest absolute Gasteiger partial charge is 0.223 e. The Morgan fingerprint density at radius 3 is 2.65 bits per heavy atom. The number of sulfone groups is 1. The maximum Gasteiger partial charge on any atom is 0.223 e. The van der Waals surface area contributed by atoms with Gasteiger partial charge in [-0.05, 0) is 32.0 Å². The third-order valence-electron chi connectivity index (χ3n) is 5.42. The topological polar surface area (TPSA) is 73.8 Å². The largest absolute Gasteiger partial charge is 0.353 e. The van der Waals surface area contributed by atoms with Crippen LogP contribution in [0.2, 0.25) is 0 Å². The van der Waals surface area contributed by atoms with Gasteiger partial charge in [-0.3, -0.25) is 4.79 Å². The van der Waals surface area contributed by atoms with Crippen molar-refractivity contribution in [1.29, 1.82) is 0 Å². The molecule has 0 bridgehead atoms. The molecule has 2 fully saturated rings. The third-order valence-corrected chi connectivity index (χ3v) is 7.17. The van der Waals surface area contributed by atoms with Gasteiger partial charge in [0.25, 0.3) is 0 Å². The van der Waals surface area contributed by atoms with Crippen molar-refractivity contribution < 1.29 is 13.2 Å². The first kappa shape index (κ1) is 19.1. The van der Waals surface area contributed by atoms with Gasteiger partial charge in [-0.25, -0.2) is 13.4 Å². The zero-order valence-electron chi connectivity index (χ0n) is 15.6. The van der Waals surface area contributed by atoms with Crippen LogP contribution in [0.25, 0.3) is 0 Å². The molecule has 1 atom stereocenters. The van der Waals surface area contributed by atoms with Crippen molar-refractivity contribution in [3.8, 4) is 0 Å². The van der Waals surface area contributed by atoms with Crippen LogP contribution in [0.15, 0.2) is 18.3 Å². The van der Waals surface area contributed by atoms with Crippen LogP contribution in [0.4, 0.5) is 5.82 Å². The molecular formula is C18H28N4O3S. The minimum Gasteiger partial charge on any atom is -0.353 e. The minimum atomic E-state index is -2.88. The molecule has 2 aliphatic heterocycles. The van der Waals surface area contributed by atoms with E-state index in [1.54, 1.807) is 6.20 Å². The predicted molar refractivity (Wildman–Crippen MR) is 102 cm³/mol. The first-order valence-electron chi connectivity index (χ1n) is 9.21. The van der Waals surface area contributed by atoms with Crippen LogP contribution in [0, 0.1) is 6.92 Å². The molecule has 2 aliphatic rings. The summed E-state index contributed by atoms with van der Waals surface area (Å²) < 4.78 is 23.2. The second kappa shape index (κ2) is 7.92. The van der Waals surface area contributed by atoms with Gasteiger partial charge in [0.1, 0.15) is 5.82 Å². The van der Waals surface area contributed by atoms with E-state index in [1.165, 1.54) is 0 Å². The molecule has 3 rings (SSSR count). The first-order chi connectivity index (χ1) is 12.4. The van der Waals surface area contributed by atoms with Gasteiger partial charge in [0.05, 0.1) is 11.5 Å². The molecule has 7 nitrogen and oxygen atoms in total. The number of piperazine rings is 1. The summed E-state index contributed by atoms with van der Waals surface area (Å²) in [6.07, 6.45) is 2.92. The van der Waals surface area contributed by atoms with Crippen LogP contribution in [-0.4, -0.2) is 86.4 Å². The van der Waals surface area contributed by atoms with E-state index in [9.17, 15) is 13.2 Å². The second-order valence-corrected chi connectivity index (χ2v) is 9.53. The average Bonchev–Trinajstić information content (AvgIpc) is 3.00. The molecule has 0 radical (unpaired) electrons. The lowest BCUT2D eigenvalue weighted by atomic mass is 10.2. The van der Waals surface area contributed by atoms with Crippen LogP contribution in [0.1, 0.15) is 18.4 Å². The number of amides is 1. The van der Waals surface area contributed by atoms with Gasteiger partial charge in [-0.1, -0.05) is 6.07 Å². The van der Waals surface area contributed by atoms with Crippen molar-refractivity contribution in [2.45, 2.75) is 25.8 Å². The molecule has 3 heterocycles. The van der Waals surface area contributed by atoms with Gasteiger partial charge in [-0.2, -0.15) is 0 Å². The zero-order chi connectivity index (χ0) is 18.7. The van der Waals surface area contributed by atoms with Crippen molar-refractivity contribution in [3.05, 3.63) is 23.9 Å². The summed E-state index contributed by atoms with van der Waals surface area (Å²) in [5, 5.41) is 0. The van der Waals surface area contributed by atoms with Crippen molar-refractivity contribution >= 4 is 21.6 Å². The summed E-state index contributed by atoms with van der Waals surface area (Å²) in [6, 6.07) is 4.04. The highest BCUT2D eigenvalue weighted by atomic mass is 32.2. The number of carbonyl (C=O) groups excluding carboxylic acids is 1. The summed E-state index contributed by atoms with van der Waals surface area (Å²) in [5.41, 5.74) is 1.15. The molecule has 0 N–H and O–H groups in total. The number of nitrogens with zero attached hydrogens (tertiary/aromatic N) is 4. The number of hydrogen-bond acceptors (Lipinski definition) is 6. The van der Waals surface area contributed by atoms with Crippen molar-refractivity contribution in [2.75, 3.05) is 56.2 Å². The van der Waals surface area contributed by atoms with E-state index in [-0.39, 0.29) is 23.5 Å².